The molecule has 0 aliphatic heterocycles. The zero-order chi connectivity index (χ0) is 10.2. The molecule has 0 bridgehead atoms. The number of nitrogens with zero attached hydrogens (tertiary/aromatic N) is 1. The maximum absolute atomic E-state index is 4.64. The topological polar surface area (TPSA) is 24.9 Å². The first-order valence-corrected chi connectivity index (χ1v) is 6.12. The van der Waals surface area contributed by atoms with Crippen LogP contribution in [0.2, 0.25) is 0 Å². The molecule has 0 aromatic carbocycles. The lowest BCUT2D eigenvalue weighted by atomic mass is 9.98. The fourth-order valence-corrected chi connectivity index (χ4v) is 2.18. The number of nitrogens with one attached hydrogen (secondary N) is 1. The van der Waals surface area contributed by atoms with Gasteiger partial charge in [-0.3, -0.25) is 0 Å². The van der Waals surface area contributed by atoms with Gasteiger partial charge in [-0.05, 0) is 12.8 Å². The van der Waals surface area contributed by atoms with Gasteiger partial charge in [-0.15, -0.1) is 11.3 Å². The van der Waals surface area contributed by atoms with Gasteiger partial charge in [0, 0.05) is 23.4 Å². The summed E-state index contributed by atoms with van der Waals surface area (Å²) in [6, 6.07) is 0.773. The van der Waals surface area contributed by atoms with E-state index in [0.717, 1.165) is 12.6 Å². The van der Waals surface area contributed by atoms with E-state index in [1.807, 2.05) is 0 Å². The van der Waals surface area contributed by atoms with E-state index in [1.165, 1.54) is 23.5 Å². The van der Waals surface area contributed by atoms with Gasteiger partial charge in [0.2, 0.25) is 0 Å². The third-order valence-corrected chi connectivity index (χ3v) is 3.66. The van der Waals surface area contributed by atoms with E-state index in [0.29, 0.717) is 0 Å². The van der Waals surface area contributed by atoms with Crippen molar-refractivity contribution in [3.63, 3.8) is 0 Å². The van der Waals surface area contributed by atoms with Gasteiger partial charge in [0.1, 0.15) is 0 Å². The molecular formula is C11H18N2S. The molecule has 3 heteroatoms. The van der Waals surface area contributed by atoms with Gasteiger partial charge in [-0.2, -0.15) is 0 Å². The highest BCUT2D eigenvalue weighted by atomic mass is 32.1. The van der Waals surface area contributed by atoms with E-state index in [-0.39, 0.29) is 5.41 Å². The molecule has 14 heavy (non-hydrogen) atoms. The lowest BCUT2D eigenvalue weighted by Gasteiger charge is -2.13. The van der Waals surface area contributed by atoms with Crippen LogP contribution in [0.1, 0.15) is 44.3 Å². The summed E-state index contributed by atoms with van der Waals surface area (Å²) in [4.78, 5) is 4.64. The van der Waals surface area contributed by atoms with Crippen LogP contribution >= 0.6 is 11.3 Å². The van der Waals surface area contributed by atoms with Crippen LogP contribution in [0.4, 0.5) is 0 Å². The van der Waals surface area contributed by atoms with Crippen LogP contribution in [0, 0.1) is 0 Å². The molecule has 0 radical (unpaired) electrons. The molecule has 1 N–H and O–H groups in total. The van der Waals surface area contributed by atoms with Crippen LogP contribution < -0.4 is 5.32 Å². The van der Waals surface area contributed by atoms with Crippen LogP contribution in [0.5, 0.6) is 0 Å². The second kappa shape index (κ2) is 3.63. The normalized spacial score (nSPS) is 17.4. The molecule has 0 atom stereocenters. The van der Waals surface area contributed by atoms with Crippen LogP contribution in [-0.2, 0) is 12.0 Å². The fraction of sp³-hybridized carbons (Fsp3) is 0.727. The van der Waals surface area contributed by atoms with E-state index in [9.17, 15) is 0 Å². The smallest absolute Gasteiger partial charge is 0.0982 e. The number of hydrogen-bond acceptors (Lipinski definition) is 3. The zero-order valence-electron chi connectivity index (χ0n) is 9.13. The summed E-state index contributed by atoms with van der Waals surface area (Å²) < 4.78 is 0. The van der Waals surface area contributed by atoms with E-state index in [1.54, 1.807) is 11.3 Å². The van der Waals surface area contributed by atoms with Crippen LogP contribution in [0.25, 0.3) is 0 Å². The van der Waals surface area contributed by atoms with Crippen molar-refractivity contribution in [1.29, 1.82) is 0 Å². The monoisotopic (exact) mass is 210 g/mol. The molecule has 1 aromatic heterocycles. The van der Waals surface area contributed by atoms with Gasteiger partial charge in [-0.1, -0.05) is 20.8 Å². The maximum Gasteiger partial charge on any atom is 0.0982 e. The van der Waals surface area contributed by atoms with Gasteiger partial charge in [0.05, 0.1) is 10.7 Å². The quantitative estimate of drug-likeness (QED) is 0.829. The lowest BCUT2D eigenvalue weighted by molar-refractivity contribution is 0.579. The minimum Gasteiger partial charge on any atom is -0.308 e. The zero-order valence-corrected chi connectivity index (χ0v) is 9.95. The van der Waals surface area contributed by atoms with Crippen LogP contribution in [0.15, 0.2) is 5.38 Å². The summed E-state index contributed by atoms with van der Waals surface area (Å²) >= 11 is 1.78. The summed E-state index contributed by atoms with van der Waals surface area (Å²) in [7, 11) is 0. The summed E-state index contributed by atoms with van der Waals surface area (Å²) in [5.74, 6) is 0. The predicted molar refractivity (Wildman–Crippen MR) is 60.7 cm³/mol. The number of hydrogen-bond donors (Lipinski definition) is 1. The maximum atomic E-state index is 4.64. The molecule has 2 nitrogen and oxygen atoms in total. The first-order chi connectivity index (χ1) is 6.55. The summed E-state index contributed by atoms with van der Waals surface area (Å²) in [6.45, 7) is 7.58. The molecular weight excluding hydrogens is 192 g/mol. The van der Waals surface area contributed by atoms with Gasteiger partial charge < -0.3 is 5.32 Å². The molecule has 1 aliphatic carbocycles. The Hall–Kier alpha value is -0.410. The second-order valence-corrected chi connectivity index (χ2v) is 5.91. The van der Waals surface area contributed by atoms with E-state index in [2.05, 4.69) is 36.5 Å². The highest BCUT2D eigenvalue weighted by Gasteiger charge is 2.21. The molecule has 1 heterocycles. The molecule has 0 saturated heterocycles. The number of thiazole rings is 1. The van der Waals surface area contributed by atoms with E-state index < -0.39 is 0 Å². The molecule has 1 fully saturated rings. The highest BCUT2D eigenvalue weighted by molar-refractivity contribution is 7.09. The molecule has 78 valence electrons. The minimum atomic E-state index is 0.197. The Morgan fingerprint density at radius 1 is 1.50 bits per heavy atom. The van der Waals surface area contributed by atoms with Crippen molar-refractivity contribution in [1.82, 2.24) is 10.3 Å². The van der Waals surface area contributed by atoms with E-state index in [4.69, 9.17) is 0 Å². The Bertz CT molecular complexity index is 307. The van der Waals surface area contributed by atoms with Gasteiger partial charge in [0.25, 0.3) is 0 Å². The van der Waals surface area contributed by atoms with Crippen molar-refractivity contribution in [3.8, 4) is 0 Å². The molecule has 0 spiro atoms. The summed E-state index contributed by atoms with van der Waals surface area (Å²) in [5.41, 5.74) is 1.40. The van der Waals surface area contributed by atoms with Crippen molar-refractivity contribution < 1.29 is 0 Å². The number of aromatic nitrogens is 1. The SMILES string of the molecule is CC(C)(C)c1nc(CNC2CC2)cs1. The molecule has 2 rings (SSSR count). The largest absolute Gasteiger partial charge is 0.308 e. The first-order valence-electron chi connectivity index (χ1n) is 5.24. The van der Waals surface area contributed by atoms with Crippen molar-refractivity contribution >= 4 is 11.3 Å². The average molecular weight is 210 g/mol. The van der Waals surface area contributed by atoms with Crippen molar-refractivity contribution in [2.75, 3.05) is 0 Å². The fourth-order valence-electron chi connectivity index (χ4n) is 1.27. The predicted octanol–water partition coefficient (Wildman–Crippen LogP) is 2.69. The van der Waals surface area contributed by atoms with Crippen molar-refractivity contribution in [3.05, 3.63) is 16.1 Å². The Kier molecular flexibility index (Phi) is 2.62. The molecule has 1 saturated carbocycles. The lowest BCUT2D eigenvalue weighted by Crippen LogP contribution is -2.16. The van der Waals surface area contributed by atoms with Gasteiger partial charge >= 0.3 is 0 Å². The first kappa shape index (κ1) is 10.1. The van der Waals surface area contributed by atoms with Crippen molar-refractivity contribution in [2.24, 2.45) is 0 Å². The van der Waals surface area contributed by atoms with Crippen LogP contribution in [0.3, 0.4) is 0 Å². The van der Waals surface area contributed by atoms with Gasteiger partial charge in [0.15, 0.2) is 0 Å². The Morgan fingerprint density at radius 3 is 2.71 bits per heavy atom. The Balaban J connectivity index is 1.94. The average Bonchev–Trinajstić information content (AvgIpc) is 2.77. The Morgan fingerprint density at radius 2 is 2.21 bits per heavy atom. The third kappa shape index (κ3) is 2.55. The van der Waals surface area contributed by atoms with Crippen LogP contribution in [-0.4, -0.2) is 11.0 Å². The molecule has 0 unspecified atom stereocenters. The number of rotatable bonds is 3. The molecule has 0 amide bonds. The summed E-state index contributed by atoms with van der Waals surface area (Å²) in [6.07, 6.45) is 2.69. The minimum absolute atomic E-state index is 0.197. The standard InChI is InChI=1S/C11H18N2S/c1-11(2,3)10-13-9(7-14-10)6-12-8-4-5-8/h7-8,12H,4-6H2,1-3H3. The van der Waals surface area contributed by atoms with E-state index >= 15 is 0 Å². The molecule has 1 aliphatic rings. The van der Waals surface area contributed by atoms with Crippen molar-refractivity contribution in [2.45, 2.75) is 51.6 Å². The highest BCUT2D eigenvalue weighted by Crippen LogP contribution is 2.26. The van der Waals surface area contributed by atoms with Gasteiger partial charge in [-0.25, -0.2) is 4.98 Å². The molecule has 1 aromatic rings. The third-order valence-electron chi connectivity index (χ3n) is 2.34. The summed E-state index contributed by atoms with van der Waals surface area (Å²) in [5, 5.41) is 6.90. The Labute approximate surface area is 89.8 Å². The second-order valence-electron chi connectivity index (χ2n) is 5.05.